The van der Waals surface area contributed by atoms with Crippen LogP contribution in [0.4, 0.5) is 0 Å². The van der Waals surface area contributed by atoms with Crippen LogP contribution in [0, 0.1) is 23.2 Å². The van der Waals surface area contributed by atoms with E-state index >= 15 is 0 Å². The number of nitrogens with one attached hydrogen (secondary N) is 1. The molecule has 1 heterocycles. The molecule has 158 valence electrons. The summed E-state index contributed by atoms with van der Waals surface area (Å²) in [6, 6.07) is 7.05. The van der Waals surface area contributed by atoms with E-state index in [1.807, 2.05) is 12.1 Å². The minimum absolute atomic E-state index is 0.134. The maximum Gasteiger partial charge on any atom is 0.243 e. The zero-order valence-corrected chi connectivity index (χ0v) is 17.6. The molecule has 0 unspecified atom stereocenters. The number of benzene rings is 1. The van der Waals surface area contributed by atoms with Crippen molar-refractivity contribution in [2.75, 3.05) is 26.3 Å². The molecule has 29 heavy (non-hydrogen) atoms. The molecule has 1 N–H and O–H groups in total. The van der Waals surface area contributed by atoms with E-state index in [-0.39, 0.29) is 17.9 Å². The summed E-state index contributed by atoms with van der Waals surface area (Å²) in [5.74, 6) is 2.26. The molecule has 4 saturated carbocycles. The van der Waals surface area contributed by atoms with Crippen molar-refractivity contribution in [1.82, 2.24) is 9.62 Å². The summed E-state index contributed by atoms with van der Waals surface area (Å²) in [5, 5.41) is 3.12. The standard InChI is InChI=1S/C22H30N2O4S/c25-21(22-12-16-9-17(13-22)11-18(10-16)14-22)23-15-19-3-1-2-4-20(19)29(26,27)24-5-7-28-8-6-24/h1-4,16-18H,5-15H2,(H,23,25). The fourth-order valence-corrected chi connectivity index (χ4v) is 8.21. The highest BCUT2D eigenvalue weighted by Gasteiger charge is 2.54. The number of sulfonamides is 1. The molecule has 0 spiro atoms. The Kier molecular flexibility index (Phi) is 4.95. The molecule has 0 radical (unpaired) electrons. The number of morpholine rings is 1. The first kappa shape index (κ1) is 19.5. The van der Waals surface area contributed by atoms with Crippen LogP contribution in [0.1, 0.15) is 44.1 Å². The Morgan fingerprint density at radius 3 is 2.24 bits per heavy atom. The lowest BCUT2D eigenvalue weighted by Crippen LogP contribution is -2.53. The van der Waals surface area contributed by atoms with Gasteiger partial charge in [0.05, 0.1) is 18.1 Å². The van der Waals surface area contributed by atoms with Gasteiger partial charge in [-0.3, -0.25) is 4.79 Å². The molecule has 0 aromatic heterocycles. The third kappa shape index (κ3) is 3.51. The van der Waals surface area contributed by atoms with Gasteiger partial charge in [-0.15, -0.1) is 0 Å². The molecule has 1 saturated heterocycles. The first-order chi connectivity index (χ1) is 14.0. The molecule has 5 aliphatic rings. The number of rotatable bonds is 5. The predicted octanol–water partition coefficient (Wildman–Crippen LogP) is 2.54. The average Bonchev–Trinajstić information content (AvgIpc) is 2.72. The second-order valence-electron chi connectivity index (χ2n) is 9.50. The van der Waals surface area contributed by atoms with E-state index in [1.54, 1.807) is 12.1 Å². The van der Waals surface area contributed by atoms with E-state index in [0.717, 1.165) is 19.3 Å². The Balaban J connectivity index is 1.32. The van der Waals surface area contributed by atoms with E-state index in [0.29, 0.717) is 54.5 Å². The Morgan fingerprint density at radius 2 is 1.62 bits per heavy atom. The van der Waals surface area contributed by atoms with Crippen LogP contribution >= 0.6 is 0 Å². The van der Waals surface area contributed by atoms with Gasteiger partial charge in [-0.25, -0.2) is 8.42 Å². The number of amides is 1. The third-order valence-electron chi connectivity index (χ3n) is 7.52. The molecule has 1 aromatic carbocycles. The molecule has 1 aromatic rings. The molecular weight excluding hydrogens is 388 g/mol. The summed E-state index contributed by atoms with van der Waals surface area (Å²) in [6.45, 7) is 1.85. The monoisotopic (exact) mass is 418 g/mol. The topological polar surface area (TPSA) is 75.7 Å². The second kappa shape index (κ2) is 7.36. The number of carbonyl (C=O) groups is 1. The van der Waals surface area contributed by atoms with Crippen LogP contribution in [0.3, 0.4) is 0 Å². The summed E-state index contributed by atoms with van der Waals surface area (Å²) in [6.07, 6.45) is 6.93. The van der Waals surface area contributed by atoms with Crippen molar-refractivity contribution < 1.29 is 17.9 Å². The van der Waals surface area contributed by atoms with E-state index < -0.39 is 10.0 Å². The van der Waals surface area contributed by atoms with E-state index in [9.17, 15) is 13.2 Å². The lowest BCUT2D eigenvalue weighted by molar-refractivity contribution is -0.146. The summed E-state index contributed by atoms with van der Waals surface area (Å²) < 4.78 is 33.0. The first-order valence-electron chi connectivity index (χ1n) is 10.9. The highest BCUT2D eigenvalue weighted by Crippen LogP contribution is 2.60. The molecular formula is C22H30N2O4S. The van der Waals surface area contributed by atoms with Gasteiger partial charge >= 0.3 is 0 Å². The van der Waals surface area contributed by atoms with Gasteiger partial charge in [-0.1, -0.05) is 18.2 Å². The highest BCUT2D eigenvalue weighted by molar-refractivity contribution is 7.89. The largest absolute Gasteiger partial charge is 0.379 e. The smallest absolute Gasteiger partial charge is 0.243 e. The van der Waals surface area contributed by atoms with Crippen molar-refractivity contribution in [3.05, 3.63) is 29.8 Å². The van der Waals surface area contributed by atoms with Crippen LogP contribution in [0.25, 0.3) is 0 Å². The molecule has 6 nitrogen and oxygen atoms in total. The zero-order chi connectivity index (χ0) is 20.1. The van der Waals surface area contributed by atoms with E-state index in [1.165, 1.54) is 23.6 Å². The summed E-state index contributed by atoms with van der Waals surface area (Å²) in [5.41, 5.74) is 0.448. The number of ether oxygens (including phenoxy) is 1. The van der Waals surface area contributed by atoms with Crippen molar-refractivity contribution in [3.8, 4) is 0 Å². The van der Waals surface area contributed by atoms with Crippen LogP contribution in [0.15, 0.2) is 29.2 Å². The van der Waals surface area contributed by atoms with Gasteiger partial charge in [0.25, 0.3) is 0 Å². The number of nitrogens with zero attached hydrogens (tertiary/aromatic N) is 1. The van der Waals surface area contributed by atoms with Crippen LogP contribution in [0.5, 0.6) is 0 Å². The lowest BCUT2D eigenvalue weighted by atomic mass is 9.49. The molecule has 4 aliphatic carbocycles. The predicted molar refractivity (Wildman–Crippen MR) is 108 cm³/mol. The molecule has 6 rings (SSSR count). The van der Waals surface area contributed by atoms with Crippen molar-refractivity contribution in [3.63, 3.8) is 0 Å². The van der Waals surface area contributed by atoms with Crippen molar-refractivity contribution >= 4 is 15.9 Å². The van der Waals surface area contributed by atoms with Gasteiger partial charge < -0.3 is 10.1 Å². The van der Waals surface area contributed by atoms with Gasteiger partial charge in [0.2, 0.25) is 15.9 Å². The number of carbonyl (C=O) groups excluding carboxylic acids is 1. The van der Waals surface area contributed by atoms with Crippen molar-refractivity contribution in [2.24, 2.45) is 23.2 Å². The van der Waals surface area contributed by atoms with Crippen molar-refractivity contribution in [1.29, 1.82) is 0 Å². The van der Waals surface area contributed by atoms with E-state index in [4.69, 9.17) is 4.74 Å². The minimum Gasteiger partial charge on any atom is -0.379 e. The maximum absolute atomic E-state index is 13.2. The van der Waals surface area contributed by atoms with Crippen molar-refractivity contribution in [2.45, 2.75) is 50.0 Å². The Morgan fingerprint density at radius 1 is 1.03 bits per heavy atom. The summed E-state index contributed by atoms with van der Waals surface area (Å²) >= 11 is 0. The number of hydrogen-bond donors (Lipinski definition) is 1. The fraction of sp³-hybridized carbons (Fsp3) is 0.682. The maximum atomic E-state index is 13.2. The average molecular weight is 419 g/mol. The molecule has 7 heteroatoms. The van der Waals surface area contributed by atoms with Gasteiger partial charge in [0.15, 0.2) is 0 Å². The second-order valence-corrected chi connectivity index (χ2v) is 11.4. The minimum atomic E-state index is -3.58. The van der Waals surface area contributed by atoms with E-state index in [2.05, 4.69) is 5.32 Å². The van der Waals surface area contributed by atoms with Gasteiger partial charge in [-0.2, -0.15) is 4.31 Å². The molecule has 1 amide bonds. The van der Waals surface area contributed by atoms with Crippen LogP contribution < -0.4 is 5.32 Å². The fourth-order valence-electron chi connectivity index (χ4n) is 6.58. The normalized spacial score (nSPS) is 34.3. The molecule has 4 bridgehead atoms. The quantitative estimate of drug-likeness (QED) is 0.797. The first-order valence-corrected chi connectivity index (χ1v) is 12.3. The summed E-state index contributed by atoms with van der Waals surface area (Å²) in [7, 11) is -3.58. The Bertz CT molecular complexity index is 857. The lowest BCUT2D eigenvalue weighted by Gasteiger charge is -2.55. The van der Waals surface area contributed by atoms with Crippen LogP contribution in [0.2, 0.25) is 0 Å². The zero-order valence-electron chi connectivity index (χ0n) is 16.8. The van der Waals surface area contributed by atoms with Gasteiger partial charge in [-0.05, 0) is 67.9 Å². The van der Waals surface area contributed by atoms with Gasteiger partial charge in [0.1, 0.15) is 0 Å². The third-order valence-corrected chi connectivity index (χ3v) is 9.52. The Labute approximate surface area is 173 Å². The van der Waals surface area contributed by atoms with Gasteiger partial charge in [0, 0.05) is 25.0 Å². The molecule has 0 atom stereocenters. The highest BCUT2D eigenvalue weighted by atomic mass is 32.2. The molecule has 5 fully saturated rings. The van der Waals surface area contributed by atoms with Crippen LogP contribution in [-0.4, -0.2) is 44.9 Å². The number of hydrogen-bond acceptors (Lipinski definition) is 4. The Hall–Kier alpha value is -1.44. The molecule has 1 aliphatic heterocycles. The van der Waals surface area contributed by atoms with Crippen LogP contribution in [-0.2, 0) is 26.1 Å². The summed E-state index contributed by atoms with van der Waals surface area (Å²) in [4.78, 5) is 13.5. The SMILES string of the molecule is O=C(NCc1ccccc1S(=O)(=O)N1CCOCC1)C12CC3CC(CC(C3)C1)C2.